The molecule has 21 heavy (non-hydrogen) atoms. The van der Waals surface area contributed by atoms with Gasteiger partial charge in [-0.05, 0) is 41.1 Å². The quantitative estimate of drug-likeness (QED) is 0.876. The fraction of sp³-hybridized carbons (Fsp3) is 0.667. The van der Waals surface area contributed by atoms with E-state index in [0.29, 0.717) is 5.02 Å². The molecule has 0 amide bonds. The van der Waals surface area contributed by atoms with Crippen molar-refractivity contribution in [2.75, 3.05) is 38.2 Å². The normalized spacial score (nSPS) is 27.0. The van der Waals surface area contributed by atoms with Gasteiger partial charge in [0.1, 0.15) is 5.82 Å². The van der Waals surface area contributed by atoms with E-state index < -0.39 is 0 Å². The van der Waals surface area contributed by atoms with Crippen LogP contribution in [-0.4, -0.2) is 48.8 Å². The van der Waals surface area contributed by atoms with Gasteiger partial charge in [0.05, 0.1) is 22.7 Å². The zero-order chi connectivity index (χ0) is 14.7. The molecule has 1 aliphatic heterocycles. The monoisotopic (exact) mass is 373 g/mol. The number of pyridine rings is 1. The Hall–Kier alpha value is -0.360. The van der Waals surface area contributed by atoms with Crippen LogP contribution in [-0.2, 0) is 4.74 Å². The lowest BCUT2D eigenvalue weighted by Crippen LogP contribution is -2.42. The fourth-order valence-electron chi connectivity index (χ4n) is 3.27. The highest BCUT2D eigenvalue weighted by Crippen LogP contribution is 2.30. The topological polar surface area (TPSA) is 37.4 Å². The van der Waals surface area contributed by atoms with Crippen molar-refractivity contribution in [3.05, 3.63) is 21.8 Å². The first kappa shape index (κ1) is 15.5. The van der Waals surface area contributed by atoms with Gasteiger partial charge >= 0.3 is 0 Å². The summed E-state index contributed by atoms with van der Waals surface area (Å²) in [4.78, 5) is 6.94. The smallest absolute Gasteiger partial charge is 0.127 e. The number of nitrogens with one attached hydrogen (secondary N) is 1. The van der Waals surface area contributed by atoms with E-state index in [2.05, 4.69) is 31.1 Å². The molecular formula is C15H21BrClN3O. The Morgan fingerprint density at radius 3 is 2.95 bits per heavy atom. The first-order chi connectivity index (χ1) is 10.2. The van der Waals surface area contributed by atoms with E-state index in [1.807, 2.05) is 6.07 Å². The number of aromatic nitrogens is 1. The molecule has 0 bridgehead atoms. The molecule has 6 heteroatoms. The van der Waals surface area contributed by atoms with Crippen molar-refractivity contribution in [3.8, 4) is 0 Å². The van der Waals surface area contributed by atoms with Gasteiger partial charge in [-0.1, -0.05) is 11.6 Å². The Bertz CT molecular complexity index is 482. The molecule has 1 N–H and O–H groups in total. The van der Waals surface area contributed by atoms with Crippen molar-refractivity contribution in [1.82, 2.24) is 9.88 Å². The van der Waals surface area contributed by atoms with Crippen molar-refractivity contribution in [2.24, 2.45) is 5.92 Å². The largest absolute Gasteiger partial charge is 0.379 e. The molecule has 1 aromatic rings. The third kappa shape index (κ3) is 4.09. The molecule has 4 nitrogen and oxygen atoms in total. The molecule has 0 aromatic carbocycles. The molecule has 1 saturated heterocycles. The molecule has 2 unspecified atom stereocenters. The molecule has 2 fully saturated rings. The van der Waals surface area contributed by atoms with Crippen LogP contribution in [0.3, 0.4) is 0 Å². The highest BCUT2D eigenvalue weighted by atomic mass is 79.9. The van der Waals surface area contributed by atoms with Gasteiger partial charge in [-0.15, -0.1) is 0 Å². The molecular weight excluding hydrogens is 354 g/mol. The first-order valence-corrected chi connectivity index (χ1v) is 8.76. The minimum Gasteiger partial charge on any atom is -0.379 e. The van der Waals surface area contributed by atoms with Gasteiger partial charge in [0.2, 0.25) is 0 Å². The third-order valence-electron chi connectivity index (χ3n) is 4.46. The van der Waals surface area contributed by atoms with E-state index in [0.717, 1.165) is 55.1 Å². The maximum absolute atomic E-state index is 6.09. The summed E-state index contributed by atoms with van der Waals surface area (Å²) in [6.07, 6.45) is 5.62. The van der Waals surface area contributed by atoms with E-state index in [9.17, 15) is 0 Å². The predicted octanol–water partition coefficient (Wildman–Crippen LogP) is 3.41. The van der Waals surface area contributed by atoms with Crippen molar-refractivity contribution in [2.45, 2.75) is 25.3 Å². The lowest BCUT2D eigenvalue weighted by molar-refractivity contribution is 0.0173. The summed E-state index contributed by atoms with van der Waals surface area (Å²) in [7, 11) is 0. The number of hydrogen-bond donors (Lipinski definition) is 1. The van der Waals surface area contributed by atoms with Gasteiger partial charge in [0.25, 0.3) is 0 Å². The third-order valence-corrected chi connectivity index (χ3v) is 5.63. The summed E-state index contributed by atoms with van der Waals surface area (Å²) < 4.78 is 6.27. The zero-order valence-corrected chi connectivity index (χ0v) is 14.4. The van der Waals surface area contributed by atoms with E-state index in [1.54, 1.807) is 6.20 Å². The average molecular weight is 375 g/mol. The van der Waals surface area contributed by atoms with Gasteiger partial charge in [-0.2, -0.15) is 0 Å². The van der Waals surface area contributed by atoms with E-state index >= 15 is 0 Å². The number of nitrogens with zero attached hydrogens (tertiary/aromatic N) is 2. The van der Waals surface area contributed by atoms with Crippen LogP contribution in [0.1, 0.15) is 19.3 Å². The summed E-state index contributed by atoms with van der Waals surface area (Å²) in [5.74, 6) is 1.58. The standard InChI is InChI=1S/C15H21BrClN3O/c16-13-10-19-15(8-14(13)17)18-9-11-1-2-12(7-11)20-3-5-21-6-4-20/h8,10-12H,1-7,9H2,(H,18,19). The number of halogens is 2. The summed E-state index contributed by atoms with van der Waals surface area (Å²) in [5.41, 5.74) is 0. The summed E-state index contributed by atoms with van der Waals surface area (Å²) in [6, 6.07) is 2.61. The second-order valence-electron chi connectivity index (χ2n) is 5.85. The second-order valence-corrected chi connectivity index (χ2v) is 7.11. The van der Waals surface area contributed by atoms with Crippen LogP contribution in [0, 0.1) is 5.92 Å². The molecule has 0 spiro atoms. The number of hydrogen-bond acceptors (Lipinski definition) is 4. The van der Waals surface area contributed by atoms with Crippen LogP contribution in [0.2, 0.25) is 5.02 Å². The molecule has 3 rings (SSSR count). The molecule has 0 radical (unpaired) electrons. The van der Waals surface area contributed by atoms with Gasteiger partial charge in [-0.25, -0.2) is 4.98 Å². The maximum atomic E-state index is 6.09. The lowest BCUT2D eigenvalue weighted by atomic mass is 10.1. The molecule has 116 valence electrons. The van der Waals surface area contributed by atoms with Gasteiger partial charge in [0, 0.05) is 37.9 Å². The SMILES string of the molecule is Clc1cc(NCC2CCC(N3CCOCC3)C2)ncc1Br. The van der Waals surface area contributed by atoms with Gasteiger partial charge in [-0.3, -0.25) is 4.90 Å². The lowest BCUT2D eigenvalue weighted by Gasteiger charge is -2.32. The highest BCUT2D eigenvalue weighted by Gasteiger charge is 2.29. The van der Waals surface area contributed by atoms with Crippen LogP contribution in [0.4, 0.5) is 5.82 Å². The van der Waals surface area contributed by atoms with Crippen molar-refractivity contribution < 1.29 is 4.74 Å². The average Bonchev–Trinajstić information content (AvgIpc) is 2.98. The fourth-order valence-corrected chi connectivity index (χ4v) is 3.64. The summed E-state index contributed by atoms with van der Waals surface area (Å²) >= 11 is 9.45. The molecule has 2 aliphatic rings. The maximum Gasteiger partial charge on any atom is 0.127 e. The Balaban J connectivity index is 1.47. The Kier molecular flexibility index (Phi) is 5.38. The van der Waals surface area contributed by atoms with E-state index in [-0.39, 0.29) is 0 Å². The van der Waals surface area contributed by atoms with Gasteiger partial charge in [0.15, 0.2) is 0 Å². The Labute approximate surface area is 139 Å². The number of rotatable bonds is 4. The van der Waals surface area contributed by atoms with Crippen LogP contribution >= 0.6 is 27.5 Å². The van der Waals surface area contributed by atoms with Crippen LogP contribution < -0.4 is 5.32 Å². The molecule has 1 aromatic heterocycles. The van der Waals surface area contributed by atoms with Crippen LogP contribution in [0.25, 0.3) is 0 Å². The summed E-state index contributed by atoms with van der Waals surface area (Å²) in [5, 5.41) is 4.12. The molecule has 1 saturated carbocycles. The number of anilines is 1. The molecule has 1 aliphatic carbocycles. The molecule has 2 heterocycles. The predicted molar refractivity (Wildman–Crippen MR) is 89.0 cm³/mol. The number of morpholine rings is 1. The van der Waals surface area contributed by atoms with E-state index in [4.69, 9.17) is 16.3 Å². The first-order valence-electron chi connectivity index (χ1n) is 7.59. The minimum atomic E-state index is 0.699. The van der Waals surface area contributed by atoms with Crippen molar-refractivity contribution >= 4 is 33.3 Å². The second kappa shape index (κ2) is 7.27. The minimum absolute atomic E-state index is 0.699. The van der Waals surface area contributed by atoms with Gasteiger partial charge < -0.3 is 10.1 Å². The zero-order valence-electron chi connectivity index (χ0n) is 12.0. The van der Waals surface area contributed by atoms with Crippen molar-refractivity contribution in [3.63, 3.8) is 0 Å². The van der Waals surface area contributed by atoms with Crippen molar-refractivity contribution in [1.29, 1.82) is 0 Å². The van der Waals surface area contributed by atoms with Crippen LogP contribution in [0.5, 0.6) is 0 Å². The Morgan fingerprint density at radius 1 is 1.38 bits per heavy atom. The molecule has 2 atom stereocenters. The Morgan fingerprint density at radius 2 is 2.19 bits per heavy atom. The summed E-state index contributed by atoms with van der Waals surface area (Å²) in [6.45, 7) is 4.94. The highest BCUT2D eigenvalue weighted by molar-refractivity contribution is 9.10. The number of ether oxygens (including phenoxy) is 1. The van der Waals surface area contributed by atoms with Crippen LogP contribution in [0.15, 0.2) is 16.7 Å². The van der Waals surface area contributed by atoms with E-state index in [1.165, 1.54) is 19.3 Å².